The van der Waals surface area contributed by atoms with E-state index < -0.39 is 13.3 Å². The molecule has 1 atom stereocenters. The molecule has 0 radical (unpaired) electrons. The van der Waals surface area contributed by atoms with Crippen LogP contribution >= 0.6 is 7.60 Å². The third-order valence-electron chi connectivity index (χ3n) is 3.33. The summed E-state index contributed by atoms with van der Waals surface area (Å²) in [6.07, 6.45) is 6.67. The van der Waals surface area contributed by atoms with Gasteiger partial charge in [-0.15, -0.1) is 0 Å². The first kappa shape index (κ1) is 13.2. The Bertz CT molecular complexity index is 223. The molecule has 90 valence electrons. The Morgan fingerprint density at radius 3 is 2.33 bits per heavy atom. The maximum atomic E-state index is 11.4. The van der Waals surface area contributed by atoms with E-state index in [0.717, 1.165) is 25.7 Å². The molecule has 1 fully saturated rings. The maximum absolute atomic E-state index is 11.4. The first-order valence-corrected chi connectivity index (χ1v) is 7.49. The van der Waals surface area contributed by atoms with Crippen molar-refractivity contribution in [3.8, 4) is 0 Å². The summed E-state index contributed by atoms with van der Waals surface area (Å²) < 4.78 is 11.4. The van der Waals surface area contributed by atoms with Crippen LogP contribution in [0.15, 0.2) is 0 Å². The summed E-state index contributed by atoms with van der Waals surface area (Å²) in [5, 5.41) is 0. The molecule has 0 heterocycles. The Balaban J connectivity index is 2.57. The predicted molar refractivity (Wildman–Crippen MR) is 60.7 cm³/mol. The Labute approximate surface area is 91.4 Å². The molecule has 1 saturated carbocycles. The third-order valence-corrected chi connectivity index (χ3v) is 4.87. The van der Waals surface area contributed by atoms with E-state index in [2.05, 4.69) is 0 Å². The summed E-state index contributed by atoms with van der Waals surface area (Å²) >= 11 is 0. The van der Waals surface area contributed by atoms with Crippen molar-refractivity contribution in [2.24, 2.45) is 11.7 Å². The van der Waals surface area contributed by atoms with Gasteiger partial charge in [0.25, 0.3) is 0 Å². The number of hydrogen-bond acceptors (Lipinski definition) is 2. The molecule has 0 aliphatic heterocycles. The van der Waals surface area contributed by atoms with Crippen molar-refractivity contribution in [1.82, 2.24) is 0 Å². The van der Waals surface area contributed by atoms with Gasteiger partial charge in [-0.2, -0.15) is 0 Å². The Hall–Kier alpha value is 0.110. The Morgan fingerprint density at radius 1 is 1.27 bits per heavy atom. The van der Waals surface area contributed by atoms with E-state index in [0.29, 0.717) is 19.4 Å². The fraction of sp³-hybridized carbons (Fsp3) is 1.00. The normalized spacial score (nSPS) is 21.5. The van der Waals surface area contributed by atoms with Gasteiger partial charge in [0.1, 0.15) is 0 Å². The van der Waals surface area contributed by atoms with Crippen LogP contribution in [0, 0.1) is 5.92 Å². The van der Waals surface area contributed by atoms with Crippen molar-refractivity contribution < 1.29 is 14.4 Å². The van der Waals surface area contributed by atoms with E-state index in [9.17, 15) is 14.4 Å². The standard InChI is InChI=1S/C10H22NO3P/c11-8-4-7-10(15(12,13)14)9-5-2-1-3-6-9/h9-10H,1-8,11H2,(H2,12,13,14). The van der Waals surface area contributed by atoms with Crippen molar-refractivity contribution in [2.45, 2.75) is 50.6 Å². The lowest BCUT2D eigenvalue weighted by Gasteiger charge is -2.30. The van der Waals surface area contributed by atoms with Crippen LogP contribution in [0.3, 0.4) is 0 Å². The molecule has 4 nitrogen and oxygen atoms in total. The number of hydrogen-bond donors (Lipinski definition) is 3. The minimum atomic E-state index is -3.93. The van der Waals surface area contributed by atoms with Gasteiger partial charge in [0.15, 0.2) is 0 Å². The highest BCUT2D eigenvalue weighted by Gasteiger charge is 2.35. The van der Waals surface area contributed by atoms with Crippen LogP contribution < -0.4 is 5.73 Å². The monoisotopic (exact) mass is 235 g/mol. The van der Waals surface area contributed by atoms with E-state index in [1.165, 1.54) is 6.42 Å². The molecule has 15 heavy (non-hydrogen) atoms. The average Bonchev–Trinajstić information content (AvgIpc) is 2.18. The first-order valence-electron chi connectivity index (χ1n) is 5.81. The topological polar surface area (TPSA) is 83.6 Å². The molecule has 0 aromatic heterocycles. The highest BCUT2D eigenvalue weighted by Crippen LogP contribution is 2.50. The molecule has 0 spiro atoms. The zero-order valence-electron chi connectivity index (χ0n) is 9.14. The van der Waals surface area contributed by atoms with Gasteiger partial charge in [-0.3, -0.25) is 4.57 Å². The van der Waals surface area contributed by atoms with Gasteiger partial charge < -0.3 is 15.5 Å². The smallest absolute Gasteiger partial charge is 0.328 e. The molecule has 1 unspecified atom stereocenters. The lowest BCUT2D eigenvalue weighted by atomic mass is 9.85. The van der Waals surface area contributed by atoms with Crippen LogP contribution in [-0.2, 0) is 4.57 Å². The summed E-state index contributed by atoms with van der Waals surface area (Å²) in [5.74, 6) is 0.214. The SMILES string of the molecule is NCCCC(C1CCCCC1)P(=O)(O)O. The van der Waals surface area contributed by atoms with Crippen molar-refractivity contribution in [3.05, 3.63) is 0 Å². The molecule has 4 N–H and O–H groups in total. The van der Waals surface area contributed by atoms with E-state index in [4.69, 9.17) is 5.73 Å². The van der Waals surface area contributed by atoms with Gasteiger partial charge in [0.05, 0.1) is 5.66 Å². The summed E-state index contributed by atoms with van der Waals surface area (Å²) in [6.45, 7) is 0.517. The van der Waals surface area contributed by atoms with Crippen LogP contribution in [-0.4, -0.2) is 22.0 Å². The maximum Gasteiger partial charge on any atom is 0.328 e. The summed E-state index contributed by atoms with van der Waals surface area (Å²) in [7, 11) is -3.93. The second-order valence-corrected chi connectivity index (χ2v) is 6.33. The molecule has 0 bridgehead atoms. The quantitative estimate of drug-likeness (QED) is 0.635. The van der Waals surface area contributed by atoms with Crippen molar-refractivity contribution in [1.29, 1.82) is 0 Å². The zero-order chi connectivity index (χ0) is 11.3. The zero-order valence-corrected chi connectivity index (χ0v) is 10.0. The molecule has 0 aromatic carbocycles. The summed E-state index contributed by atoms with van der Waals surface area (Å²) in [4.78, 5) is 18.7. The lowest BCUT2D eigenvalue weighted by molar-refractivity contribution is 0.282. The molecule has 0 aromatic rings. The van der Waals surface area contributed by atoms with Crippen LogP contribution in [0.25, 0.3) is 0 Å². The largest absolute Gasteiger partial charge is 0.330 e. The van der Waals surface area contributed by atoms with Crippen molar-refractivity contribution >= 4 is 7.60 Å². The highest BCUT2D eigenvalue weighted by atomic mass is 31.2. The Kier molecular flexibility index (Phi) is 5.27. The minimum absolute atomic E-state index is 0.214. The van der Waals surface area contributed by atoms with E-state index in [-0.39, 0.29) is 5.92 Å². The number of nitrogens with two attached hydrogens (primary N) is 1. The molecule has 1 aliphatic carbocycles. The van der Waals surface area contributed by atoms with E-state index in [1.54, 1.807) is 0 Å². The van der Waals surface area contributed by atoms with Gasteiger partial charge in [0, 0.05) is 0 Å². The number of rotatable bonds is 5. The molecule has 0 amide bonds. The molecule has 0 saturated heterocycles. The van der Waals surface area contributed by atoms with Crippen LogP contribution in [0.1, 0.15) is 44.9 Å². The second kappa shape index (κ2) is 6.00. The highest BCUT2D eigenvalue weighted by molar-refractivity contribution is 7.52. The summed E-state index contributed by atoms with van der Waals surface area (Å²) in [6, 6.07) is 0. The van der Waals surface area contributed by atoms with Crippen LogP contribution in [0.2, 0.25) is 0 Å². The molecule has 5 heteroatoms. The first-order chi connectivity index (χ1) is 7.05. The van der Waals surface area contributed by atoms with Gasteiger partial charge in [-0.25, -0.2) is 0 Å². The molecular weight excluding hydrogens is 213 g/mol. The third kappa shape index (κ3) is 4.23. The van der Waals surface area contributed by atoms with Gasteiger partial charge in [-0.05, 0) is 38.1 Å². The molecule has 1 rings (SSSR count). The molecule has 1 aliphatic rings. The van der Waals surface area contributed by atoms with E-state index in [1.807, 2.05) is 0 Å². The van der Waals surface area contributed by atoms with Crippen LogP contribution in [0.4, 0.5) is 0 Å². The Morgan fingerprint density at radius 2 is 1.87 bits per heavy atom. The lowest BCUT2D eigenvalue weighted by Crippen LogP contribution is -2.24. The minimum Gasteiger partial charge on any atom is -0.330 e. The fourth-order valence-corrected chi connectivity index (χ4v) is 3.89. The fourth-order valence-electron chi connectivity index (χ4n) is 2.52. The predicted octanol–water partition coefficient (Wildman–Crippen LogP) is 1.85. The van der Waals surface area contributed by atoms with Crippen molar-refractivity contribution in [3.63, 3.8) is 0 Å². The second-order valence-electron chi connectivity index (χ2n) is 4.49. The summed E-state index contributed by atoms with van der Waals surface area (Å²) in [5.41, 5.74) is 4.95. The van der Waals surface area contributed by atoms with Gasteiger partial charge >= 0.3 is 7.60 Å². The van der Waals surface area contributed by atoms with Gasteiger partial charge in [-0.1, -0.05) is 19.3 Å². The van der Waals surface area contributed by atoms with Gasteiger partial charge in [0.2, 0.25) is 0 Å². The average molecular weight is 235 g/mol. The van der Waals surface area contributed by atoms with Crippen LogP contribution in [0.5, 0.6) is 0 Å². The molecular formula is C10H22NO3P. The van der Waals surface area contributed by atoms with E-state index >= 15 is 0 Å². The van der Waals surface area contributed by atoms with Crippen molar-refractivity contribution in [2.75, 3.05) is 6.54 Å².